The van der Waals surface area contributed by atoms with E-state index >= 15 is 0 Å². The molecule has 0 radical (unpaired) electrons. The molecule has 5 heterocycles. The van der Waals surface area contributed by atoms with Crippen molar-refractivity contribution >= 4 is 162 Å². The van der Waals surface area contributed by atoms with Crippen molar-refractivity contribution in [3.63, 3.8) is 0 Å². The number of ether oxygens (including phenoxy) is 2. The van der Waals surface area contributed by atoms with Crippen molar-refractivity contribution in [2.45, 2.75) is 38.3 Å². The van der Waals surface area contributed by atoms with Crippen LogP contribution in [0.5, 0.6) is 11.5 Å². The molecule has 604 valence electrons. The number of benzene rings is 7. The molecule has 0 saturated carbocycles. The summed E-state index contributed by atoms with van der Waals surface area (Å²) in [6.45, 7) is -3.78. The molecule has 20 N–H and O–H groups in total. The Morgan fingerprint density at radius 1 is 0.647 bits per heavy atom. The standard InChI is InChI=1S/C71H62Cl2N10O29P4/c72-50-28-48(62(73)61(70(93)94)60(50)59-44-13-8-38(74)25-52(44)109-53-26-39(75)9-14-45(53)59)67(89)78-20-23-105-114(98,99)107-33-55(86)79-29-34-3-5-35(6-4-34)65(87)80-30-49-51(85)17-16-46-58(43-15-10-40(84)27-54(43)110-63(46)49)42-12-7-36(24-47(42)69(91)92)66(88)77-19-22-104-21-1-2-37-31-83(64-57(37)68(90)82-71(76)81-64)56-18-11-41(108-56)32-106-115(100,101)112-116(102,103)111-113(95,96)97/h3-10,12-17,24-28,31,41,56H,11,18-23,29-30,32-33,74-75H2,(H14-2,76,77,78,79,80,81,82,84,85,86,87,88,89,90,91,92,93,94,95,96,97,98,99,100,101,102,103)/p+2. The lowest BCUT2D eigenvalue weighted by molar-refractivity contribution is -0.123. The van der Waals surface area contributed by atoms with E-state index in [1.54, 1.807) is 24.3 Å². The number of carboxylic acid groups (broad SMARTS) is 2. The molecule has 1 fully saturated rings. The maximum absolute atomic E-state index is 13.7. The fourth-order valence-corrected chi connectivity index (χ4v) is 16.8. The molecular formula is C71H64Cl2N10O29P4+2. The van der Waals surface area contributed by atoms with Gasteiger partial charge in [0, 0.05) is 65.0 Å². The summed E-state index contributed by atoms with van der Waals surface area (Å²) in [7, 11) is -21.8. The fraction of sp³-hybridized carbons (Fsp3) is 0.183. The molecule has 0 spiro atoms. The number of amides is 4. The van der Waals surface area contributed by atoms with Crippen LogP contribution in [0.4, 0.5) is 17.3 Å². The first kappa shape index (κ1) is 84.1. The number of phosphoric ester groups is 2. The normalized spacial score (nSPS) is 15.2. The zero-order valence-corrected chi connectivity index (χ0v) is 64.4. The highest BCUT2D eigenvalue weighted by molar-refractivity contribution is 7.66. The summed E-state index contributed by atoms with van der Waals surface area (Å²) in [5.41, 5.74) is 18.5. The minimum atomic E-state index is -5.77. The number of halogens is 2. The third kappa shape index (κ3) is 19.6. The van der Waals surface area contributed by atoms with Crippen LogP contribution in [0.25, 0.3) is 77.2 Å². The van der Waals surface area contributed by atoms with Crippen LogP contribution in [-0.4, -0.2) is 147 Å². The monoisotopic (exact) mass is 1710 g/mol. The summed E-state index contributed by atoms with van der Waals surface area (Å²) in [4.78, 5) is 147. The molecule has 116 heavy (non-hydrogen) atoms. The second-order valence-corrected chi connectivity index (χ2v) is 32.0. The fourth-order valence-electron chi connectivity index (χ4n) is 12.4. The lowest BCUT2D eigenvalue weighted by atomic mass is 9.91. The van der Waals surface area contributed by atoms with Gasteiger partial charge in [0.1, 0.15) is 36.5 Å². The van der Waals surface area contributed by atoms with Gasteiger partial charge in [0.2, 0.25) is 11.9 Å². The Morgan fingerprint density at radius 2 is 1.29 bits per heavy atom. The molecule has 45 heteroatoms. The van der Waals surface area contributed by atoms with Crippen LogP contribution in [0.15, 0.2) is 135 Å². The number of H-pyrrole nitrogens is 1. The van der Waals surface area contributed by atoms with Crippen molar-refractivity contribution in [2.75, 3.05) is 63.3 Å². The molecule has 0 bridgehead atoms. The van der Waals surface area contributed by atoms with Crippen LogP contribution < -0.4 is 44.0 Å². The third-order valence-electron chi connectivity index (χ3n) is 17.4. The molecule has 4 aromatic heterocycles. The quantitative estimate of drug-likeness (QED) is 0.00498. The van der Waals surface area contributed by atoms with Gasteiger partial charge in [-0.25, -0.2) is 36.7 Å². The highest BCUT2D eigenvalue weighted by Gasteiger charge is 2.42. The number of nitrogens with two attached hydrogens (primary N) is 3. The minimum Gasteiger partial charge on any atom is -0.508 e. The van der Waals surface area contributed by atoms with Crippen LogP contribution >= 0.6 is 54.5 Å². The number of aromatic carboxylic acids is 2. The lowest BCUT2D eigenvalue weighted by Gasteiger charge is -2.19. The number of carboxylic acids is 2. The first-order valence-electron chi connectivity index (χ1n) is 33.8. The zero-order valence-electron chi connectivity index (χ0n) is 59.3. The van der Waals surface area contributed by atoms with Crippen LogP contribution in [0.2, 0.25) is 10.0 Å². The number of carbonyl (C=O) groups is 6. The number of aromatic amines is 1. The second-order valence-electron chi connectivity index (χ2n) is 25.3. The SMILES string of the molecule is Nc1ccc2c(-c3c(Cl)cc(C(=O)NCCOP(=O)(O)OCC(=O)NCc4ccc(C(=O)NCc5c(O)ccc6c(-c7ccc(C(=O)NCCOCC#Cc8cn(C9CCC(COP(=O)(O)OP(=O)(O)OP(=O)(O)O)O9)c9nc(N)[nH]c(=O)c89)cc7C(=O)O)c7ccc(O)cc7[o+]c56)cc4)c(Cl)c3C(=O)O)c3ccc(N)cc3[o+]c2c1. The number of aromatic nitrogens is 3. The van der Waals surface area contributed by atoms with Gasteiger partial charge in [-0.1, -0.05) is 53.2 Å². The third-order valence-corrected chi connectivity index (χ3v) is 22.9. The van der Waals surface area contributed by atoms with Gasteiger partial charge in [-0.05, 0) is 103 Å². The number of phenolic OH excluding ortho intramolecular Hbond substituents is 2. The number of fused-ring (bicyclic) bond motifs is 5. The van der Waals surface area contributed by atoms with E-state index in [1.807, 2.05) is 0 Å². The Balaban J connectivity index is 0.624. The number of phenols is 2. The number of aromatic hydroxyl groups is 2. The number of nitrogens with one attached hydrogen (secondary N) is 5. The molecule has 1 saturated heterocycles. The summed E-state index contributed by atoms with van der Waals surface area (Å²) in [5.74, 6) is -1.43. The number of nitrogens with zero attached hydrogens (tertiary/aromatic N) is 2. The van der Waals surface area contributed by atoms with Gasteiger partial charge in [-0.2, -0.15) is 13.6 Å². The number of anilines is 3. The van der Waals surface area contributed by atoms with Gasteiger partial charge in [-0.15, -0.1) is 0 Å². The van der Waals surface area contributed by atoms with E-state index in [0.717, 1.165) is 12.1 Å². The van der Waals surface area contributed by atoms with Crippen LogP contribution in [0.3, 0.4) is 0 Å². The van der Waals surface area contributed by atoms with Gasteiger partial charge in [-0.3, -0.25) is 42.5 Å². The van der Waals surface area contributed by atoms with E-state index in [4.69, 9.17) is 82.1 Å². The Labute approximate surface area is 660 Å². The highest BCUT2D eigenvalue weighted by atomic mass is 35.5. The zero-order chi connectivity index (χ0) is 83.5. The van der Waals surface area contributed by atoms with E-state index < -0.39 is 122 Å². The van der Waals surface area contributed by atoms with Gasteiger partial charge < -0.3 is 97.4 Å². The second kappa shape index (κ2) is 34.6. The van der Waals surface area contributed by atoms with Gasteiger partial charge in [0.25, 0.3) is 23.3 Å². The van der Waals surface area contributed by atoms with Crippen LogP contribution in [0, 0.1) is 11.8 Å². The van der Waals surface area contributed by atoms with Crippen molar-refractivity contribution in [1.29, 1.82) is 0 Å². The molecule has 39 nitrogen and oxygen atoms in total. The molecule has 1 aliphatic rings. The predicted molar refractivity (Wildman–Crippen MR) is 414 cm³/mol. The van der Waals surface area contributed by atoms with E-state index in [1.165, 1.54) is 89.6 Å². The van der Waals surface area contributed by atoms with Crippen molar-refractivity contribution in [3.8, 4) is 45.6 Å². The van der Waals surface area contributed by atoms with Crippen LogP contribution in [0.1, 0.15) is 87.5 Å². The maximum atomic E-state index is 13.7. The van der Waals surface area contributed by atoms with Gasteiger partial charge in [0.05, 0.1) is 110 Å². The Morgan fingerprint density at radius 3 is 1.98 bits per heavy atom. The number of carbonyl (C=O) groups excluding carboxylic acids is 4. The molecule has 4 amide bonds. The lowest BCUT2D eigenvalue weighted by Crippen LogP contribution is -2.28. The van der Waals surface area contributed by atoms with E-state index in [2.05, 4.69) is 51.7 Å². The van der Waals surface area contributed by atoms with Gasteiger partial charge in [0.15, 0.2) is 5.65 Å². The molecule has 11 aromatic rings. The largest absolute Gasteiger partial charge is 0.508 e. The van der Waals surface area contributed by atoms with Crippen LogP contribution in [-0.2, 0) is 67.8 Å². The number of hydrogen-bond donors (Lipinski definition) is 17. The molecule has 7 aromatic carbocycles. The molecule has 1 aliphatic heterocycles. The predicted octanol–water partition coefficient (Wildman–Crippen LogP) is 9.21. The van der Waals surface area contributed by atoms with E-state index in [9.17, 15) is 86.9 Å². The summed E-state index contributed by atoms with van der Waals surface area (Å²) >= 11 is 13.5. The van der Waals surface area contributed by atoms with E-state index in [0.29, 0.717) is 38.7 Å². The molecule has 0 aliphatic carbocycles. The summed E-state index contributed by atoms with van der Waals surface area (Å²) < 4.78 is 95.0. The summed E-state index contributed by atoms with van der Waals surface area (Å²) in [6, 6.07) is 27.2. The van der Waals surface area contributed by atoms with Crippen molar-refractivity contribution in [2.24, 2.45) is 0 Å². The first-order valence-corrected chi connectivity index (χ1v) is 40.6. The average molecular weight is 1720 g/mol. The van der Waals surface area contributed by atoms with E-state index in [-0.39, 0.29) is 157 Å². The Kier molecular flexibility index (Phi) is 25.1. The summed E-state index contributed by atoms with van der Waals surface area (Å²) in [6.07, 6.45) is -0.122. The minimum absolute atomic E-state index is 0.00635. The smallest absolute Gasteiger partial charge is 0.490 e. The van der Waals surface area contributed by atoms with Crippen molar-refractivity contribution in [1.82, 2.24) is 35.8 Å². The maximum Gasteiger partial charge on any atom is 0.490 e. The van der Waals surface area contributed by atoms with Gasteiger partial charge >= 0.3 is 65.6 Å². The number of hydrogen-bond acceptors (Lipinski definition) is 24. The number of phosphoric acid groups is 4. The topological polar surface area (TPSA) is 617 Å². The average Bonchev–Trinajstić information content (AvgIpc) is 0.976. The van der Waals surface area contributed by atoms with Crippen molar-refractivity contribution in [3.05, 3.63) is 186 Å². The Hall–Kier alpha value is -11.3. The highest BCUT2D eigenvalue weighted by Crippen LogP contribution is 2.66. The first-order chi connectivity index (χ1) is 54.9. The molecule has 5 atom stereocenters. The summed E-state index contributed by atoms with van der Waals surface area (Å²) in [5, 5.41) is 54.0. The molecule has 12 rings (SSSR count). The number of nitrogen functional groups attached to an aromatic ring is 3. The molecule has 5 unspecified atom stereocenters. The number of rotatable bonds is 30. The van der Waals surface area contributed by atoms with Crippen molar-refractivity contribution < 1.29 is 132 Å². The Bertz CT molecular complexity index is 6160. The molecular weight excluding hydrogens is 1650 g/mol.